The van der Waals surface area contributed by atoms with Crippen LogP contribution in [0.2, 0.25) is 0 Å². The second kappa shape index (κ2) is 7.64. The monoisotopic (exact) mass is 212 g/mol. The van der Waals surface area contributed by atoms with Gasteiger partial charge in [-0.1, -0.05) is 30.9 Å². The Labute approximate surface area is 88.6 Å². The number of hydrogen-bond donors (Lipinski definition) is 3. The Morgan fingerprint density at radius 2 is 2.31 bits per heavy atom. The fourth-order valence-corrected chi connectivity index (χ4v) is 0.750. The quantitative estimate of drug-likeness (QED) is 0.380. The fraction of sp³-hybridized carbons (Fsp3) is 0. The highest BCUT2D eigenvalue weighted by atomic mass is 32.1. The van der Waals surface area contributed by atoms with Crippen molar-refractivity contribution in [2.45, 2.75) is 0 Å². The number of nitrogens with two attached hydrogens (primary N) is 1. The third kappa shape index (κ3) is 8.91. The lowest BCUT2D eigenvalue weighted by atomic mass is 10.5. The van der Waals surface area contributed by atoms with Crippen molar-refractivity contribution >= 4 is 24.8 Å². The van der Waals surface area contributed by atoms with Gasteiger partial charge >= 0.3 is 0 Å². The molecule has 13 heavy (non-hydrogen) atoms. The molecule has 0 aliphatic rings. The first-order valence-electron chi connectivity index (χ1n) is 3.57. The zero-order chi connectivity index (χ0) is 10.1. The van der Waals surface area contributed by atoms with Crippen LogP contribution in [0.5, 0.6) is 0 Å². The molecule has 0 unspecified atom stereocenters. The van der Waals surface area contributed by atoms with Crippen LogP contribution in [0.4, 0.5) is 0 Å². The minimum absolute atomic E-state index is 0.491. The molecule has 3 N–H and O–H groups in total. The second-order valence-corrected chi connectivity index (χ2v) is 3.01. The van der Waals surface area contributed by atoms with Crippen LogP contribution in [0, 0.1) is 4.64 Å². The van der Waals surface area contributed by atoms with Crippen LogP contribution in [-0.2, 0) is 0 Å². The third-order valence-electron chi connectivity index (χ3n) is 0.969. The van der Waals surface area contributed by atoms with Gasteiger partial charge in [-0.2, -0.15) is 0 Å². The summed E-state index contributed by atoms with van der Waals surface area (Å²) in [5, 5.41) is 0.491. The lowest BCUT2D eigenvalue weighted by molar-refractivity contribution is 1.30. The predicted octanol–water partition coefficient (Wildman–Crippen LogP) is 2.65. The van der Waals surface area contributed by atoms with Crippen LogP contribution in [0.15, 0.2) is 48.2 Å². The maximum atomic E-state index is 5.06. The average molecular weight is 212 g/mol. The molecule has 70 valence electrons. The lowest BCUT2D eigenvalue weighted by Gasteiger charge is -1.77. The number of allylic oxidation sites excluding steroid dienone is 2. The van der Waals surface area contributed by atoms with Crippen molar-refractivity contribution < 1.29 is 0 Å². The Morgan fingerprint density at radius 3 is 2.46 bits per heavy atom. The van der Waals surface area contributed by atoms with Crippen molar-refractivity contribution in [2.75, 3.05) is 0 Å². The van der Waals surface area contributed by atoms with Gasteiger partial charge in [0.1, 0.15) is 4.64 Å². The molecular weight excluding hydrogens is 200 g/mol. The molecule has 1 rings (SSSR count). The molecule has 0 saturated carbocycles. The van der Waals surface area contributed by atoms with E-state index in [1.54, 1.807) is 12.2 Å². The molecule has 0 saturated heterocycles. The van der Waals surface area contributed by atoms with Gasteiger partial charge in [0, 0.05) is 6.20 Å². The first kappa shape index (κ1) is 12.0. The SMILES string of the molecule is C=C/C=C(\N)S.S=c1cccc[nH]1. The maximum Gasteiger partial charge on any atom is 0.103 e. The summed E-state index contributed by atoms with van der Waals surface area (Å²) in [6, 6.07) is 5.64. The summed E-state index contributed by atoms with van der Waals surface area (Å²) in [5.74, 6) is 0. The minimum Gasteiger partial charge on any atom is -0.394 e. The number of rotatable bonds is 1. The molecule has 0 fully saturated rings. The van der Waals surface area contributed by atoms with Crippen LogP contribution in [0.25, 0.3) is 0 Å². The third-order valence-corrected chi connectivity index (χ3v) is 1.37. The highest BCUT2D eigenvalue weighted by molar-refractivity contribution is 7.84. The average Bonchev–Trinajstić information content (AvgIpc) is 2.06. The van der Waals surface area contributed by atoms with Gasteiger partial charge < -0.3 is 10.7 Å². The lowest BCUT2D eigenvalue weighted by Crippen LogP contribution is -1.83. The zero-order valence-corrected chi connectivity index (χ0v) is 8.81. The summed E-state index contributed by atoms with van der Waals surface area (Å²) in [7, 11) is 0. The first-order valence-corrected chi connectivity index (χ1v) is 4.43. The number of H-pyrrole nitrogens is 1. The number of aromatic nitrogens is 1. The van der Waals surface area contributed by atoms with Gasteiger partial charge in [0.25, 0.3) is 0 Å². The fourth-order valence-electron chi connectivity index (χ4n) is 0.498. The smallest absolute Gasteiger partial charge is 0.103 e. The van der Waals surface area contributed by atoms with Gasteiger partial charge in [0.15, 0.2) is 0 Å². The Balaban J connectivity index is 0.000000226. The second-order valence-electron chi connectivity index (χ2n) is 2.05. The highest BCUT2D eigenvalue weighted by Gasteiger charge is 1.65. The molecule has 0 aromatic carbocycles. The van der Waals surface area contributed by atoms with E-state index >= 15 is 0 Å². The van der Waals surface area contributed by atoms with Crippen molar-refractivity contribution in [3.8, 4) is 0 Å². The molecule has 0 aliphatic heterocycles. The Hall–Kier alpha value is -1.00. The van der Waals surface area contributed by atoms with Crippen LogP contribution in [0.1, 0.15) is 0 Å². The molecule has 0 spiro atoms. The van der Waals surface area contributed by atoms with Gasteiger partial charge in [0.05, 0.1) is 5.03 Å². The summed E-state index contributed by atoms with van der Waals surface area (Å²) in [4.78, 5) is 2.85. The van der Waals surface area contributed by atoms with E-state index in [4.69, 9.17) is 18.0 Å². The van der Waals surface area contributed by atoms with Crippen molar-refractivity contribution in [3.63, 3.8) is 0 Å². The number of thiol groups is 1. The summed E-state index contributed by atoms with van der Waals surface area (Å²) in [6.07, 6.45) is 5.01. The summed E-state index contributed by atoms with van der Waals surface area (Å²) < 4.78 is 0.780. The molecule has 0 bridgehead atoms. The van der Waals surface area contributed by atoms with Crippen LogP contribution in [0.3, 0.4) is 0 Å². The topological polar surface area (TPSA) is 41.8 Å². The largest absolute Gasteiger partial charge is 0.394 e. The Bertz CT molecular complexity index is 307. The van der Waals surface area contributed by atoms with Crippen LogP contribution >= 0.6 is 24.8 Å². The van der Waals surface area contributed by atoms with Crippen LogP contribution in [-0.4, -0.2) is 4.98 Å². The molecule has 4 heteroatoms. The van der Waals surface area contributed by atoms with Crippen molar-refractivity contribution in [1.82, 2.24) is 4.98 Å². The van der Waals surface area contributed by atoms with E-state index in [0.29, 0.717) is 5.03 Å². The molecule has 2 nitrogen and oxygen atoms in total. The van der Waals surface area contributed by atoms with Gasteiger partial charge in [-0.05, 0) is 18.2 Å². The van der Waals surface area contributed by atoms with Gasteiger partial charge in [-0.3, -0.25) is 0 Å². The molecule has 0 atom stereocenters. The minimum atomic E-state index is 0.491. The molecule has 0 amide bonds. The van der Waals surface area contributed by atoms with E-state index in [1.807, 2.05) is 24.4 Å². The van der Waals surface area contributed by atoms with E-state index in [9.17, 15) is 0 Å². The normalized spacial score (nSPS) is 9.77. The molecule has 0 aliphatic carbocycles. The predicted molar refractivity (Wildman–Crippen MR) is 63.1 cm³/mol. The van der Waals surface area contributed by atoms with Crippen molar-refractivity contribution in [3.05, 3.63) is 52.8 Å². The standard InChI is InChI=1S/C5H5NS.C4H7NS/c7-5-3-1-2-4-6-5;1-2-3-4(5)6/h1-4H,(H,6,7);2-3,6H,1,5H2/b;4-3+. The molecule has 1 aromatic heterocycles. The first-order chi connectivity index (χ1) is 6.16. The maximum absolute atomic E-state index is 5.06. The summed E-state index contributed by atoms with van der Waals surface area (Å²) in [5.41, 5.74) is 5.06. The zero-order valence-electron chi connectivity index (χ0n) is 7.10. The van der Waals surface area contributed by atoms with Gasteiger partial charge in [-0.15, -0.1) is 12.6 Å². The van der Waals surface area contributed by atoms with E-state index in [2.05, 4.69) is 24.2 Å². The number of hydrogen-bond acceptors (Lipinski definition) is 3. The van der Waals surface area contributed by atoms with Gasteiger partial charge in [0.2, 0.25) is 0 Å². The molecule has 0 radical (unpaired) electrons. The summed E-state index contributed by atoms with van der Waals surface area (Å²) >= 11 is 8.50. The van der Waals surface area contributed by atoms with Gasteiger partial charge in [-0.25, -0.2) is 0 Å². The molecule has 1 aromatic rings. The molecular formula is C9H12N2S2. The van der Waals surface area contributed by atoms with E-state index in [-0.39, 0.29) is 0 Å². The van der Waals surface area contributed by atoms with E-state index in [1.165, 1.54) is 0 Å². The van der Waals surface area contributed by atoms with Crippen molar-refractivity contribution in [2.24, 2.45) is 5.73 Å². The van der Waals surface area contributed by atoms with Crippen LogP contribution < -0.4 is 5.73 Å². The molecule has 1 heterocycles. The highest BCUT2D eigenvalue weighted by Crippen LogP contribution is 1.85. The Morgan fingerprint density at radius 1 is 1.62 bits per heavy atom. The number of aromatic amines is 1. The Kier molecular flexibility index (Phi) is 7.05. The number of pyridine rings is 1. The van der Waals surface area contributed by atoms with Crippen molar-refractivity contribution in [1.29, 1.82) is 0 Å². The number of nitrogens with one attached hydrogen (secondary N) is 1. The van der Waals surface area contributed by atoms with E-state index in [0.717, 1.165) is 4.64 Å². The van der Waals surface area contributed by atoms with E-state index < -0.39 is 0 Å². The summed E-state index contributed by atoms with van der Waals surface area (Å²) in [6.45, 7) is 3.40.